The third-order valence-electron chi connectivity index (χ3n) is 1.38. The van der Waals surface area contributed by atoms with Gasteiger partial charge < -0.3 is 9.72 Å². The number of hydrogen-bond donors (Lipinski definition) is 1. The SMILES string of the molecule is CCOC(=O)c1[nH]c(C)cc1Br. The van der Waals surface area contributed by atoms with Gasteiger partial charge in [0.1, 0.15) is 5.69 Å². The molecule has 0 spiro atoms. The fourth-order valence-electron chi connectivity index (χ4n) is 0.907. The van der Waals surface area contributed by atoms with Gasteiger partial charge in [-0.15, -0.1) is 0 Å². The summed E-state index contributed by atoms with van der Waals surface area (Å²) in [5.74, 6) is -0.322. The van der Waals surface area contributed by atoms with E-state index in [9.17, 15) is 4.79 Å². The van der Waals surface area contributed by atoms with Crippen LogP contribution in [0.1, 0.15) is 23.1 Å². The van der Waals surface area contributed by atoms with E-state index in [1.807, 2.05) is 13.0 Å². The Bertz CT molecular complexity index is 293. The molecule has 1 heterocycles. The standard InChI is InChI=1S/C8H10BrNO2/c1-3-12-8(11)7-6(9)4-5(2)10-7/h4,10H,3H2,1-2H3. The minimum Gasteiger partial charge on any atom is -0.461 e. The van der Waals surface area contributed by atoms with Crippen molar-refractivity contribution in [1.82, 2.24) is 4.98 Å². The van der Waals surface area contributed by atoms with Crippen molar-refractivity contribution in [1.29, 1.82) is 0 Å². The third kappa shape index (κ3) is 1.88. The van der Waals surface area contributed by atoms with Crippen LogP contribution >= 0.6 is 15.9 Å². The largest absolute Gasteiger partial charge is 0.461 e. The second-order valence-corrected chi connectivity index (χ2v) is 3.25. The summed E-state index contributed by atoms with van der Waals surface area (Å²) in [5, 5.41) is 0. The Balaban J connectivity index is 2.87. The van der Waals surface area contributed by atoms with E-state index in [0.717, 1.165) is 10.2 Å². The van der Waals surface area contributed by atoms with Crippen molar-refractivity contribution in [2.45, 2.75) is 13.8 Å². The van der Waals surface area contributed by atoms with E-state index in [4.69, 9.17) is 4.74 Å². The number of esters is 1. The molecule has 0 bridgehead atoms. The van der Waals surface area contributed by atoms with E-state index in [-0.39, 0.29) is 5.97 Å². The first-order valence-electron chi connectivity index (χ1n) is 3.67. The molecule has 0 saturated heterocycles. The summed E-state index contributed by atoms with van der Waals surface area (Å²) in [4.78, 5) is 14.1. The van der Waals surface area contributed by atoms with Gasteiger partial charge in [-0.05, 0) is 35.8 Å². The van der Waals surface area contributed by atoms with Gasteiger partial charge in [0.25, 0.3) is 0 Å². The molecule has 1 N–H and O–H groups in total. The topological polar surface area (TPSA) is 42.1 Å². The van der Waals surface area contributed by atoms with Crippen LogP contribution in [0.15, 0.2) is 10.5 Å². The summed E-state index contributed by atoms with van der Waals surface area (Å²) in [6.45, 7) is 4.05. The number of hydrogen-bond acceptors (Lipinski definition) is 2. The van der Waals surface area contributed by atoms with Crippen LogP contribution in [0.2, 0.25) is 0 Å². The molecular weight excluding hydrogens is 222 g/mol. The number of aromatic nitrogens is 1. The summed E-state index contributed by atoms with van der Waals surface area (Å²) in [6, 6.07) is 1.84. The van der Waals surface area contributed by atoms with Gasteiger partial charge in [-0.2, -0.15) is 0 Å². The molecule has 1 rings (SSSR count). The summed E-state index contributed by atoms with van der Waals surface area (Å²) >= 11 is 3.26. The Morgan fingerprint density at radius 1 is 1.75 bits per heavy atom. The second-order valence-electron chi connectivity index (χ2n) is 2.40. The van der Waals surface area contributed by atoms with E-state index >= 15 is 0 Å². The number of aryl methyl sites for hydroxylation is 1. The first-order valence-corrected chi connectivity index (χ1v) is 4.46. The Kier molecular flexibility index (Phi) is 2.92. The van der Waals surface area contributed by atoms with Gasteiger partial charge in [-0.25, -0.2) is 4.79 Å². The molecule has 0 aliphatic heterocycles. The van der Waals surface area contributed by atoms with Gasteiger partial charge in [0.2, 0.25) is 0 Å². The maximum atomic E-state index is 11.2. The van der Waals surface area contributed by atoms with Crippen molar-refractivity contribution in [3.05, 3.63) is 21.9 Å². The highest BCUT2D eigenvalue weighted by atomic mass is 79.9. The number of halogens is 1. The lowest BCUT2D eigenvalue weighted by Crippen LogP contribution is -2.05. The Morgan fingerprint density at radius 3 is 2.83 bits per heavy atom. The maximum Gasteiger partial charge on any atom is 0.355 e. The third-order valence-corrected chi connectivity index (χ3v) is 2.01. The average Bonchev–Trinajstić information content (AvgIpc) is 2.30. The number of aromatic amines is 1. The predicted octanol–water partition coefficient (Wildman–Crippen LogP) is 2.26. The van der Waals surface area contributed by atoms with Crippen molar-refractivity contribution >= 4 is 21.9 Å². The molecule has 0 fully saturated rings. The van der Waals surface area contributed by atoms with Crippen molar-refractivity contribution in [3.63, 3.8) is 0 Å². The minimum atomic E-state index is -0.322. The van der Waals surface area contributed by atoms with Crippen molar-refractivity contribution in [3.8, 4) is 0 Å². The van der Waals surface area contributed by atoms with Crippen LogP contribution in [0.3, 0.4) is 0 Å². The molecule has 0 amide bonds. The molecule has 0 aliphatic carbocycles. The molecule has 66 valence electrons. The van der Waals surface area contributed by atoms with E-state index in [2.05, 4.69) is 20.9 Å². The predicted molar refractivity (Wildman–Crippen MR) is 49.2 cm³/mol. The fraction of sp³-hybridized carbons (Fsp3) is 0.375. The highest BCUT2D eigenvalue weighted by Gasteiger charge is 2.12. The van der Waals surface area contributed by atoms with Crippen LogP contribution in [0.25, 0.3) is 0 Å². The number of carbonyl (C=O) groups excluding carboxylic acids is 1. The smallest absolute Gasteiger partial charge is 0.355 e. The van der Waals surface area contributed by atoms with Crippen LogP contribution in [0.4, 0.5) is 0 Å². The van der Waals surface area contributed by atoms with E-state index < -0.39 is 0 Å². The quantitative estimate of drug-likeness (QED) is 0.794. The molecule has 12 heavy (non-hydrogen) atoms. The zero-order valence-electron chi connectivity index (χ0n) is 6.98. The number of ether oxygens (including phenoxy) is 1. The van der Waals surface area contributed by atoms with Crippen molar-refractivity contribution in [2.24, 2.45) is 0 Å². The van der Waals surface area contributed by atoms with Gasteiger partial charge in [0.05, 0.1) is 11.1 Å². The van der Waals surface area contributed by atoms with E-state index in [1.54, 1.807) is 6.92 Å². The summed E-state index contributed by atoms with van der Waals surface area (Å²) in [6.07, 6.45) is 0. The minimum absolute atomic E-state index is 0.322. The fourth-order valence-corrected chi connectivity index (χ4v) is 1.51. The maximum absolute atomic E-state index is 11.2. The Morgan fingerprint density at radius 2 is 2.42 bits per heavy atom. The van der Waals surface area contributed by atoms with E-state index in [1.165, 1.54) is 0 Å². The number of H-pyrrole nitrogens is 1. The molecule has 1 aromatic rings. The summed E-state index contributed by atoms with van der Waals surface area (Å²) < 4.78 is 5.57. The molecular formula is C8H10BrNO2. The van der Waals surface area contributed by atoms with Crippen molar-refractivity contribution in [2.75, 3.05) is 6.61 Å². The van der Waals surface area contributed by atoms with Crippen molar-refractivity contribution < 1.29 is 9.53 Å². The van der Waals surface area contributed by atoms with Gasteiger partial charge in [-0.3, -0.25) is 0 Å². The van der Waals surface area contributed by atoms with Crippen LogP contribution < -0.4 is 0 Å². The summed E-state index contributed by atoms with van der Waals surface area (Å²) in [7, 11) is 0. The molecule has 0 saturated carbocycles. The normalized spacial score (nSPS) is 9.92. The monoisotopic (exact) mass is 231 g/mol. The second kappa shape index (κ2) is 3.76. The zero-order valence-corrected chi connectivity index (χ0v) is 8.56. The molecule has 4 heteroatoms. The lowest BCUT2D eigenvalue weighted by Gasteiger charge is -1.98. The lowest BCUT2D eigenvalue weighted by molar-refractivity contribution is 0.0519. The molecule has 0 atom stereocenters. The van der Waals surface area contributed by atoms with Gasteiger partial charge in [-0.1, -0.05) is 0 Å². The van der Waals surface area contributed by atoms with Crippen LogP contribution in [0, 0.1) is 6.92 Å². The molecule has 0 aromatic carbocycles. The first kappa shape index (κ1) is 9.32. The first-order chi connectivity index (χ1) is 5.65. The average molecular weight is 232 g/mol. The number of carbonyl (C=O) groups is 1. The molecule has 0 unspecified atom stereocenters. The lowest BCUT2D eigenvalue weighted by atomic mass is 10.4. The van der Waals surface area contributed by atoms with Gasteiger partial charge in [0, 0.05) is 5.69 Å². The Hall–Kier alpha value is -0.770. The van der Waals surface area contributed by atoms with Crippen LogP contribution in [-0.2, 0) is 4.74 Å². The number of rotatable bonds is 2. The zero-order chi connectivity index (χ0) is 9.14. The molecule has 0 radical (unpaired) electrons. The highest BCUT2D eigenvalue weighted by Crippen LogP contribution is 2.18. The van der Waals surface area contributed by atoms with Gasteiger partial charge in [0.15, 0.2) is 0 Å². The molecule has 3 nitrogen and oxygen atoms in total. The Labute approximate surface area is 79.2 Å². The van der Waals surface area contributed by atoms with Gasteiger partial charge >= 0.3 is 5.97 Å². The summed E-state index contributed by atoms with van der Waals surface area (Å²) in [5.41, 5.74) is 1.42. The number of nitrogens with one attached hydrogen (secondary N) is 1. The molecule has 1 aromatic heterocycles. The van der Waals surface area contributed by atoms with E-state index in [0.29, 0.717) is 12.3 Å². The van der Waals surface area contributed by atoms with Crippen LogP contribution in [0.5, 0.6) is 0 Å². The van der Waals surface area contributed by atoms with Crippen LogP contribution in [-0.4, -0.2) is 17.6 Å². The molecule has 0 aliphatic rings. The highest BCUT2D eigenvalue weighted by molar-refractivity contribution is 9.10.